The standard InChI is InChI=1S/C18H26INO3/c1-20(13-9-7-5-4-6-8-10-13)18(21)14-11-16(22-2)17(23-3)12-15(14)19/h11-13H,4-10H2,1-3H3. The Morgan fingerprint density at radius 2 is 1.57 bits per heavy atom. The molecule has 5 heteroatoms. The van der Waals surface area contributed by atoms with Crippen molar-refractivity contribution in [2.75, 3.05) is 21.3 Å². The van der Waals surface area contributed by atoms with Crippen molar-refractivity contribution < 1.29 is 14.3 Å². The minimum Gasteiger partial charge on any atom is -0.493 e. The van der Waals surface area contributed by atoms with Crippen molar-refractivity contribution in [2.24, 2.45) is 0 Å². The predicted molar refractivity (Wildman–Crippen MR) is 100 cm³/mol. The first-order valence-corrected chi connectivity index (χ1v) is 9.35. The summed E-state index contributed by atoms with van der Waals surface area (Å²) in [7, 11) is 5.13. The highest BCUT2D eigenvalue weighted by Crippen LogP contribution is 2.32. The zero-order valence-corrected chi connectivity index (χ0v) is 16.4. The van der Waals surface area contributed by atoms with Crippen LogP contribution in [0.1, 0.15) is 55.3 Å². The third-order valence-corrected chi connectivity index (χ3v) is 5.54. The van der Waals surface area contributed by atoms with Crippen molar-refractivity contribution in [3.63, 3.8) is 0 Å². The Kier molecular flexibility index (Phi) is 6.99. The molecule has 0 aliphatic heterocycles. The van der Waals surface area contributed by atoms with Crippen molar-refractivity contribution in [1.29, 1.82) is 0 Å². The zero-order valence-electron chi connectivity index (χ0n) is 14.2. The second kappa shape index (κ2) is 8.76. The Hall–Kier alpha value is -0.980. The van der Waals surface area contributed by atoms with E-state index >= 15 is 0 Å². The van der Waals surface area contributed by atoms with Gasteiger partial charge in [-0.25, -0.2) is 0 Å². The van der Waals surface area contributed by atoms with Gasteiger partial charge in [-0.2, -0.15) is 0 Å². The molecule has 1 aliphatic carbocycles. The Bertz CT molecular complexity index is 539. The second-order valence-corrected chi connectivity index (χ2v) is 7.26. The van der Waals surface area contributed by atoms with Crippen LogP contribution in [0.25, 0.3) is 0 Å². The molecule has 0 radical (unpaired) electrons. The number of nitrogens with zero attached hydrogens (tertiary/aromatic N) is 1. The molecule has 0 saturated heterocycles. The average Bonchev–Trinajstić information content (AvgIpc) is 2.53. The van der Waals surface area contributed by atoms with E-state index in [1.165, 1.54) is 32.1 Å². The topological polar surface area (TPSA) is 38.8 Å². The van der Waals surface area contributed by atoms with Gasteiger partial charge in [0.1, 0.15) is 0 Å². The molecule has 0 spiro atoms. The number of ether oxygens (including phenoxy) is 2. The predicted octanol–water partition coefficient (Wildman–Crippen LogP) is 4.49. The van der Waals surface area contributed by atoms with E-state index in [2.05, 4.69) is 22.6 Å². The van der Waals surface area contributed by atoms with Gasteiger partial charge in [-0.1, -0.05) is 32.1 Å². The molecule has 1 aromatic carbocycles. The first-order chi connectivity index (χ1) is 11.1. The molecule has 1 saturated carbocycles. The molecule has 0 unspecified atom stereocenters. The number of halogens is 1. The van der Waals surface area contributed by atoms with Gasteiger partial charge in [0.2, 0.25) is 0 Å². The van der Waals surface area contributed by atoms with Crippen LogP contribution in [0, 0.1) is 3.57 Å². The van der Waals surface area contributed by atoms with E-state index in [1.807, 2.05) is 18.0 Å². The quantitative estimate of drug-likeness (QED) is 0.660. The summed E-state index contributed by atoms with van der Waals surface area (Å²) in [6.07, 6.45) is 8.53. The van der Waals surface area contributed by atoms with Crippen LogP contribution in [0.15, 0.2) is 12.1 Å². The highest BCUT2D eigenvalue weighted by atomic mass is 127. The highest BCUT2D eigenvalue weighted by molar-refractivity contribution is 14.1. The smallest absolute Gasteiger partial charge is 0.255 e. The normalized spacial score (nSPS) is 16.3. The number of carbonyl (C=O) groups is 1. The van der Waals surface area contributed by atoms with E-state index in [4.69, 9.17) is 9.47 Å². The van der Waals surface area contributed by atoms with Crippen LogP contribution in [-0.2, 0) is 0 Å². The first-order valence-electron chi connectivity index (χ1n) is 8.27. The summed E-state index contributed by atoms with van der Waals surface area (Å²) < 4.78 is 11.5. The van der Waals surface area contributed by atoms with E-state index in [-0.39, 0.29) is 5.91 Å². The molecule has 4 nitrogen and oxygen atoms in total. The van der Waals surface area contributed by atoms with Crippen LogP contribution in [-0.4, -0.2) is 38.1 Å². The van der Waals surface area contributed by atoms with Gasteiger partial charge in [0.25, 0.3) is 5.91 Å². The molecule has 0 heterocycles. The van der Waals surface area contributed by atoms with Crippen LogP contribution in [0.3, 0.4) is 0 Å². The summed E-state index contributed by atoms with van der Waals surface area (Å²) in [5.74, 6) is 1.32. The average molecular weight is 431 g/mol. The Morgan fingerprint density at radius 1 is 1.04 bits per heavy atom. The van der Waals surface area contributed by atoms with Crippen LogP contribution in [0.5, 0.6) is 11.5 Å². The van der Waals surface area contributed by atoms with Crippen LogP contribution in [0.2, 0.25) is 0 Å². The van der Waals surface area contributed by atoms with E-state index in [0.29, 0.717) is 23.1 Å². The maximum Gasteiger partial charge on any atom is 0.255 e. The molecule has 1 aliphatic rings. The van der Waals surface area contributed by atoms with E-state index in [1.54, 1.807) is 20.3 Å². The fourth-order valence-electron chi connectivity index (χ4n) is 3.20. The fraction of sp³-hybridized carbons (Fsp3) is 0.611. The molecule has 1 amide bonds. The van der Waals surface area contributed by atoms with E-state index in [9.17, 15) is 4.79 Å². The van der Waals surface area contributed by atoms with Crippen molar-refractivity contribution in [2.45, 2.75) is 51.0 Å². The lowest BCUT2D eigenvalue weighted by molar-refractivity contribution is 0.0705. The second-order valence-electron chi connectivity index (χ2n) is 6.10. The lowest BCUT2D eigenvalue weighted by Crippen LogP contribution is -2.37. The van der Waals surface area contributed by atoms with Crippen LogP contribution < -0.4 is 9.47 Å². The van der Waals surface area contributed by atoms with Gasteiger partial charge in [-0.15, -0.1) is 0 Å². The van der Waals surface area contributed by atoms with Crippen molar-refractivity contribution in [3.05, 3.63) is 21.3 Å². The zero-order chi connectivity index (χ0) is 16.8. The minimum absolute atomic E-state index is 0.0703. The number of hydrogen-bond donors (Lipinski definition) is 0. The fourth-order valence-corrected chi connectivity index (χ4v) is 3.87. The number of hydrogen-bond acceptors (Lipinski definition) is 3. The third-order valence-electron chi connectivity index (χ3n) is 4.65. The number of rotatable bonds is 4. The van der Waals surface area contributed by atoms with Crippen LogP contribution >= 0.6 is 22.6 Å². The van der Waals surface area contributed by atoms with E-state index < -0.39 is 0 Å². The molecule has 23 heavy (non-hydrogen) atoms. The summed E-state index contributed by atoms with van der Waals surface area (Å²) in [6, 6.07) is 3.99. The van der Waals surface area contributed by atoms with Crippen LogP contribution in [0.4, 0.5) is 0 Å². The number of methoxy groups -OCH3 is 2. The van der Waals surface area contributed by atoms with E-state index in [0.717, 1.165) is 16.4 Å². The lowest BCUT2D eigenvalue weighted by Gasteiger charge is -2.30. The molecular formula is C18H26INO3. The van der Waals surface area contributed by atoms with Gasteiger partial charge in [0, 0.05) is 16.7 Å². The van der Waals surface area contributed by atoms with Gasteiger partial charge < -0.3 is 14.4 Å². The third kappa shape index (κ3) is 4.52. The molecule has 1 fully saturated rings. The Labute approximate surface area is 152 Å². The maximum atomic E-state index is 13.0. The SMILES string of the molecule is COc1cc(I)c(C(=O)N(C)C2CCCCCCC2)cc1OC. The molecule has 2 rings (SSSR count). The molecule has 0 aromatic heterocycles. The maximum absolute atomic E-state index is 13.0. The summed E-state index contributed by atoms with van der Waals surface area (Å²) in [4.78, 5) is 14.9. The van der Waals surface area contributed by atoms with Gasteiger partial charge in [0.05, 0.1) is 19.8 Å². The monoisotopic (exact) mass is 431 g/mol. The number of carbonyl (C=O) groups excluding carboxylic acids is 1. The largest absolute Gasteiger partial charge is 0.493 e. The molecular weight excluding hydrogens is 405 g/mol. The molecule has 0 atom stereocenters. The van der Waals surface area contributed by atoms with Crippen molar-refractivity contribution >= 4 is 28.5 Å². The lowest BCUT2D eigenvalue weighted by atomic mass is 9.95. The van der Waals surface area contributed by atoms with Crippen molar-refractivity contribution in [3.8, 4) is 11.5 Å². The number of amides is 1. The summed E-state index contributed by atoms with van der Waals surface area (Å²) in [6.45, 7) is 0. The molecule has 0 N–H and O–H groups in total. The van der Waals surface area contributed by atoms with Gasteiger partial charge >= 0.3 is 0 Å². The molecule has 128 valence electrons. The summed E-state index contributed by atoms with van der Waals surface area (Å²) >= 11 is 2.19. The van der Waals surface area contributed by atoms with Gasteiger partial charge in [-0.05, 0) is 47.6 Å². The summed E-state index contributed by atoms with van der Waals surface area (Å²) in [5.41, 5.74) is 0.688. The molecule has 1 aromatic rings. The summed E-state index contributed by atoms with van der Waals surface area (Å²) in [5, 5.41) is 0. The minimum atomic E-state index is 0.0703. The first kappa shape index (κ1) is 18.4. The van der Waals surface area contributed by atoms with Gasteiger partial charge in [-0.3, -0.25) is 4.79 Å². The van der Waals surface area contributed by atoms with Crippen molar-refractivity contribution in [1.82, 2.24) is 4.90 Å². The van der Waals surface area contributed by atoms with Gasteiger partial charge in [0.15, 0.2) is 11.5 Å². The Balaban J connectivity index is 2.21. The Morgan fingerprint density at radius 3 is 2.13 bits per heavy atom. The molecule has 0 bridgehead atoms. The highest BCUT2D eigenvalue weighted by Gasteiger charge is 2.24. The number of benzene rings is 1.